The number of oxazole rings is 1. The maximum atomic E-state index is 10.4. The Morgan fingerprint density at radius 3 is 2.10 bits per heavy atom. The molecule has 4 rings (SSSR count). The summed E-state index contributed by atoms with van der Waals surface area (Å²) in [6.07, 6.45) is 3.88. The quantitative estimate of drug-likeness (QED) is 0.347. The van der Waals surface area contributed by atoms with Crippen LogP contribution in [0, 0.1) is 6.92 Å². The lowest BCUT2D eigenvalue weighted by Crippen LogP contribution is -2.25. The van der Waals surface area contributed by atoms with Crippen LogP contribution in [0.15, 0.2) is 88.4 Å². The van der Waals surface area contributed by atoms with E-state index < -0.39 is 10.1 Å². The van der Waals surface area contributed by atoms with E-state index in [-0.39, 0.29) is 4.90 Å². The van der Waals surface area contributed by atoms with Crippen LogP contribution in [0.3, 0.4) is 0 Å². The first-order valence-corrected chi connectivity index (χ1v) is 10.7. The van der Waals surface area contributed by atoms with Crippen molar-refractivity contribution in [3.8, 4) is 22.8 Å². The summed E-state index contributed by atoms with van der Waals surface area (Å²) in [5, 5.41) is 0.384. The minimum atomic E-state index is -4.27. The van der Waals surface area contributed by atoms with Crippen molar-refractivity contribution in [3.63, 3.8) is 0 Å². The largest absolute Gasteiger partial charge is 0.744 e. The van der Waals surface area contributed by atoms with E-state index in [0.29, 0.717) is 16.8 Å². The van der Waals surface area contributed by atoms with Crippen LogP contribution in [-0.2, 0) is 17.2 Å². The third kappa shape index (κ3) is 5.54. The third-order valence-electron chi connectivity index (χ3n) is 4.16. The highest BCUT2D eigenvalue weighted by atomic mass is 35.5. The van der Waals surface area contributed by atoms with Gasteiger partial charge < -0.3 is 8.97 Å². The Balaban J connectivity index is 0.000000199. The van der Waals surface area contributed by atoms with Crippen LogP contribution in [0.1, 0.15) is 5.56 Å². The number of hydrogen-bond donors (Lipinski definition) is 0. The summed E-state index contributed by atoms with van der Waals surface area (Å²) in [5.41, 5.74) is 2.76. The molecule has 0 unspecified atom stereocenters. The lowest BCUT2D eigenvalue weighted by Gasteiger charge is -2.05. The number of hydrogen-bond acceptors (Lipinski definition) is 5. The minimum absolute atomic E-state index is 0.178. The van der Waals surface area contributed by atoms with Crippen LogP contribution in [0.4, 0.5) is 0 Å². The van der Waals surface area contributed by atoms with Crippen molar-refractivity contribution >= 4 is 21.7 Å². The van der Waals surface area contributed by atoms with Gasteiger partial charge in [-0.2, -0.15) is 4.98 Å². The molecule has 8 heteroatoms. The number of benzene rings is 2. The third-order valence-corrected chi connectivity index (χ3v) is 5.26. The number of nitrogens with zero attached hydrogens (tertiary/aromatic N) is 2. The molecule has 0 spiro atoms. The summed E-state index contributed by atoms with van der Waals surface area (Å²) in [6, 6.07) is 19.4. The van der Waals surface area contributed by atoms with Gasteiger partial charge in [0.15, 0.2) is 23.3 Å². The van der Waals surface area contributed by atoms with Crippen molar-refractivity contribution in [2.45, 2.75) is 11.8 Å². The van der Waals surface area contributed by atoms with Crippen LogP contribution in [-0.4, -0.2) is 18.0 Å². The fourth-order valence-corrected chi connectivity index (χ4v) is 3.23. The normalized spacial score (nSPS) is 10.9. The maximum Gasteiger partial charge on any atom is 0.228 e. The SMILES string of the molecule is C[n+]1ccc(-c2nc(Cl)c(-c3ccccc3)o2)cc1.Cc1ccc(S(=O)(=O)[O-])cc1. The second kappa shape index (κ2) is 9.21. The first kappa shape index (κ1) is 21.7. The molecule has 0 saturated carbocycles. The van der Waals surface area contributed by atoms with Crippen LogP contribution in [0.5, 0.6) is 0 Å². The summed E-state index contributed by atoms with van der Waals surface area (Å²) in [7, 11) is -2.31. The summed E-state index contributed by atoms with van der Waals surface area (Å²) >= 11 is 6.15. The van der Waals surface area contributed by atoms with E-state index in [9.17, 15) is 13.0 Å². The minimum Gasteiger partial charge on any atom is -0.744 e. The molecule has 2 heterocycles. The molecule has 30 heavy (non-hydrogen) atoms. The second-order valence-corrected chi connectivity index (χ2v) is 8.26. The monoisotopic (exact) mass is 442 g/mol. The van der Waals surface area contributed by atoms with Crippen LogP contribution >= 0.6 is 11.6 Å². The molecule has 0 aliphatic heterocycles. The van der Waals surface area contributed by atoms with Gasteiger partial charge in [0.25, 0.3) is 0 Å². The molecule has 0 bridgehead atoms. The lowest BCUT2D eigenvalue weighted by atomic mass is 10.2. The standard InChI is InChI=1S/C15H12ClN2O.C7H8O3S/c1-18-9-7-12(8-10-18)15-17-14(16)13(19-15)11-5-3-2-4-6-11;1-6-2-4-7(5-3-6)11(8,9)10/h2-10H,1H3;2-5H,1H3,(H,8,9,10)/q+1;/p-1. The molecule has 0 atom stereocenters. The average Bonchev–Trinajstić information content (AvgIpc) is 3.11. The first-order chi connectivity index (χ1) is 14.2. The fourth-order valence-electron chi connectivity index (χ4n) is 2.54. The summed E-state index contributed by atoms with van der Waals surface area (Å²) < 4.78 is 38.9. The van der Waals surface area contributed by atoms with Gasteiger partial charge in [-0.15, -0.1) is 0 Å². The zero-order valence-corrected chi connectivity index (χ0v) is 17.9. The van der Waals surface area contributed by atoms with Gasteiger partial charge in [-0.1, -0.05) is 59.6 Å². The number of rotatable bonds is 3. The Morgan fingerprint density at radius 1 is 0.933 bits per heavy atom. The van der Waals surface area contributed by atoms with Gasteiger partial charge in [-0.05, 0) is 19.1 Å². The van der Waals surface area contributed by atoms with Gasteiger partial charge in [0.2, 0.25) is 5.89 Å². The molecular weight excluding hydrogens is 424 g/mol. The van der Waals surface area contributed by atoms with Gasteiger partial charge in [-0.3, -0.25) is 0 Å². The molecule has 0 aliphatic carbocycles. The topological polar surface area (TPSA) is 87.1 Å². The van der Waals surface area contributed by atoms with E-state index in [1.807, 2.05) is 73.4 Å². The Labute approximate surface area is 180 Å². The first-order valence-electron chi connectivity index (χ1n) is 8.94. The molecule has 4 aromatic rings. The molecule has 6 nitrogen and oxygen atoms in total. The Hall–Kier alpha value is -3.00. The lowest BCUT2D eigenvalue weighted by molar-refractivity contribution is -0.671. The van der Waals surface area contributed by atoms with Crippen molar-refractivity contribution in [1.82, 2.24) is 4.98 Å². The van der Waals surface area contributed by atoms with Crippen molar-refractivity contribution in [2.75, 3.05) is 0 Å². The molecule has 2 aromatic heterocycles. The fraction of sp³-hybridized carbons (Fsp3) is 0.0909. The zero-order valence-electron chi connectivity index (χ0n) is 16.3. The summed E-state index contributed by atoms with van der Waals surface area (Å²) in [6.45, 7) is 1.82. The molecular formula is C22H19ClN2O4S. The molecule has 0 fully saturated rings. The van der Waals surface area contributed by atoms with Crippen molar-refractivity contribution in [3.05, 3.63) is 89.8 Å². The number of halogens is 1. The molecule has 0 amide bonds. The van der Waals surface area contributed by atoms with Gasteiger partial charge in [0.1, 0.15) is 17.2 Å². The maximum absolute atomic E-state index is 10.4. The van der Waals surface area contributed by atoms with Crippen molar-refractivity contribution < 1.29 is 22.0 Å². The molecule has 0 aliphatic rings. The van der Waals surface area contributed by atoms with E-state index in [4.69, 9.17) is 16.0 Å². The van der Waals surface area contributed by atoms with Crippen molar-refractivity contribution in [2.24, 2.45) is 7.05 Å². The molecule has 0 radical (unpaired) electrons. The van der Waals surface area contributed by atoms with Crippen LogP contribution < -0.4 is 4.57 Å². The molecule has 0 saturated heterocycles. The molecule has 154 valence electrons. The predicted molar refractivity (Wildman–Crippen MR) is 113 cm³/mol. The highest BCUT2D eigenvalue weighted by Gasteiger charge is 2.15. The van der Waals surface area contributed by atoms with E-state index in [1.165, 1.54) is 12.1 Å². The Kier molecular flexibility index (Phi) is 6.66. The van der Waals surface area contributed by atoms with E-state index in [0.717, 1.165) is 16.7 Å². The highest BCUT2D eigenvalue weighted by Crippen LogP contribution is 2.32. The van der Waals surface area contributed by atoms with Crippen molar-refractivity contribution in [1.29, 1.82) is 0 Å². The smallest absolute Gasteiger partial charge is 0.228 e. The zero-order chi connectivity index (χ0) is 21.7. The van der Waals surface area contributed by atoms with E-state index in [2.05, 4.69) is 4.98 Å². The van der Waals surface area contributed by atoms with Gasteiger partial charge in [0.05, 0.1) is 4.90 Å². The predicted octanol–water partition coefficient (Wildman–Crippen LogP) is 4.39. The Morgan fingerprint density at radius 2 is 1.53 bits per heavy atom. The summed E-state index contributed by atoms with van der Waals surface area (Å²) in [4.78, 5) is 4.10. The summed E-state index contributed by atoms with van der Waals surface area (Å²) in [5.74, 6) is 1.13. The van der Waals surface area contributed by atoms with Gasteiger partial charge in [-0.25, -0.2) is 13.0 Å². The number of pyridine rings is 1. The number of aryl methyl sites for hydroxylation is 2. The average molecular weight is 443 g/mol. The van der Waals surface area contributed by atoms with E-state index in [1.54, 1.807) is 12.1 Å². The Bertz CT molecular complexity index is 1220. The van der Waals surface area contributed by atoms with Gasteiger partial charge in [0, 0.05) is 23.3 Å². The van der Waals surface area contributed by atoms with Crippen LogP contribution in [0.25, 0.3) is 22.8 Å². The van der Waals surface area contributed by atoms with Crippen LogP contribution in [0.2, 0.25) is 5.15 Å². The number of aromatic nitrogens is 2. The second-order valence-electron chi connectivity index (χ2n) is 6.52. The molecule has 2 aromatic carbocycles. The van der Waals surface area contributed by atoms with E-state index >= 15 is 0 Å². The molecule has 0 N–H and O–H groups in total. The van der Waals surface area contributed by atoms with Gasteiger partial charge >= 0.3 is 0 Å². The highest BCUT2D eigenvalue weighted by molar-refractivity contribution is 7.85.